The van der Waals surface area contributed by atoms with Crippen molar-refractivity contribution in [3.05, 3.63) is 95.6 Å². The lowest BCUT2D eigenvalue weighted by Gasteiger charge is -2.20. The molecule has 142 valence electrons. The molecular weight excluding hydrogens is 354 g/mol. The van der Waals surface area contributed by atoms with E-state index in [2.05, 4.69) is 5.10 Å². The molecule has 3 aromatic heterocycles. The molecule has 0 spiro atoms. The van der Waals surface area contributed by atoms with Crippen molar-refractivity contribution in [2.24, 2.45) is 0 Å². The van der Waals surface area contributed by atoms with Crippen molar-refractivity contribution in [3.63, 3.8) is 0 Å². The third kappa shape index (κ3) is 3.49. The van der Waals surface area contributed by atoms with Gasteiger partial charge in [0.25, 0.3) is 5.91 Å². The highest BCUT2D eigenvalue weighted by Gasteiger charge is 2.23. The maximum Gasteiger partial charge on any atom is 0.258 e. The molecule has 6 heteroatoms. The third-order valence-electron chi connectivity index (χ3n) is 4.72. The highest BCUT2D eigenvalue weighted by molar-refractivity contribution is 5.95. The molecular formula is C22H21N3O3. The molecule has 0 aliphatic carbocycles. The summed E-state index contributed by atoms with van der Waals surface area (Å²) in [6.45, 7) is 4.63. The zero-order chi connectivity index (χ0) is 19.5. The number of nitrogens with zero attached hydrogens (tertiary/aromatic N) is 3. The van der Waals surface area contributed by atoms with Gasteiger partial charge in [0.15, 0.2) is 0 Å². The molecule has 0 atom stereocenters. The van der Waals surface area contributed by atoms with Crippen LogP contribution in [0.25, 0.3) is 5.69 Å². The summed E-state index contributed by atoms with van der Waals surface area (Å²) in [7, 11) is 0. The molecule has 0 saturated carbocycles. The van der Waals surface area contributed by atoms with E-state index >= 15 is 0 Å². The molecule has 0 unspecified atom stereocenters. The standard InChI is InChI=1S/C22H21N3O3/c1-16-7-3-4-10-21(16)25-17(2)20(13-23-25)22(26)24(14-18-8-5-11-27-18)15-19-9-6-12-28-19/h3-13H,14-15H2,1-2H3. The molecule has 28 heavy (non-hydrogen) atoms. The molecule has 0 aliphatic heterocycles. The molecule has 4 rings (SSSR count). The Morgan fingerprint density at radius 2 is 1.61 bits per heavy atom. The minimum atomic E-state index is -0.120. The van der Waals surface area contributed by atoms with E-state index in [1.807, 2.05) is 62.4 Å². The van der Waals surface area contributed by atoms with Crippen LogP contribution >= 0.6 is 0 Å². The number of aryl methyl sites for hydroxylation is 1. The Hall–Kier alpha value is -3.54. The van der Waals surface area contributed by atoms with E-state index in [4.69, 9.17) is 8.83 Å². The summed E-state index contributed by atoms with van der Waals surface area (Å²) in [5.74, 6) is 1.30. The lowest BCUT2D eigenvalue weighted by molar-refractivity contribution is 0.0704. The summed E-state index contributed by atoms with van der Waals surface area (Å²) in [4.78, 5) is 15.0. The third-order valence-corrected chi connectivity index (χ3v) is 4.72. The summed E-state index contributed by atoms with van der Waals surface area (Å²) in [5.41, 5.74) is 3.41. The quantitative estimate of drug-likeness (QED) is 0.497. The Kier molecular flexibility index (Phi) is 4.85. The van der Waals surface area contributed by atoms with Gasteiger partial charge >= 0.3 is 0 Å². The monoisotopic (exact) mass is 375 g/mol. The van der Waals surface area contributed by atoms with E-state index < -0.39 is 0 Å². The van der Waals surface area contributed by atoms with Crippen LogP contribution in [0.1, 0.15) is 33.1 Å². The van der Waals surface area contributed by atoms with Crippen molar-refractivity contribution < 1.29 is 13.6 Å². The number of aromatic nitrogens is 2. The SMILES string of the molecule is Cc1ccccc1-n1ncc(C(=O)N(Cc2ccco2)Cc2ccco2)c1C. The van der Waals surface area contributed by atoms with Crippen LogP contribution < -0.4 is 0 Å². The molecule has 0 aliphatic rings. The van der Waals surface area contributed by atoms with Crippen LogP contribution in [0.2, 0.25) is 0 Å². The van der Waals surface area contributed by atoms with Crippen molar-refractivity contribution in [1.29, 1.82) is 0 Å². The number of para-hydroxylation sites is 1. The van der Waals surface area contributed by atoms with Crippen molar-refractivity contribution in [2.45, 2.75) is 26.9 Å². The van der Waals surface area contributed by atoms with Crippen LogP contribution in [0.15, 0.2) is 76.1 Å². The smallest absolute Gasteiger partial charge is 0.258 e. The number of rotatable bonds is 6. The molecule has 0 fully saturated rings. The zero-order valence-electron chi connectivity index (χ0n) is 15.8. The second kappa shape index (κ2) is 7.60. The lowest BCUT2D eigenvalue weighted by Crippen LogP contribution is -2.30. The second-order valence-corrected chi connectivity index (χ2v) is 6.66. The first-order chi connectivity index (χ1) is 13.6. The Bertz CT molecular complexity index is 1030. The Labute approximate surface area is 163 Å². The van der Waals surface area contributed by atoms with Gasteiger partial charge < -0.3 is 13.7 Å². The highest BCUT2D eigenvalue weighted by atomic mass is 16.3. The van der Waals surface area contributed by atoms with Gasteiger partial charge in [0.05, 0.1) is 48.8 Å². The Morgan fingerprint density at radius 3 is 2.18 bits per heavy atom. The van der Waals surface area contributed by atoms with Crippen LogP contribution in [0.4, 0.5) is 0 Å². The molecule has 1 amide bonds. The number of amides is 1. The summed E-state index contributed by atoms with van der Waals surface area (Å²) in [5, 5.41) is 4.47. The minimum absolute atomic E-state index is 0.120. The van der Waals surface area contributed by atoms with E-state index in [1.165, 1.54) is 0 Å². The van der Waals surface area contributed by atoms with Crippen LogP contribution in [0.3, 0.4) is 0 Å². The number of furan rings is 2. The maximum absolute atomic E-state index is 13.3. The first-order valence-corrected chi connectivity index (χ1v) is 9.08. The zero-order valence-corrected chi connectivity index (χ0v) is 15.8. The van der Waals surface area contributed by atoms with E-state index in [1.54, 1.807) is 28.3 Å². The fourth-order valence-electron chi connectivity index (χ4n) is 3.21. The predicted octanol–water partition coefficient (Wildman–Crippen LogP) is 4.52. The summed E-state index contributed by atoms with van der Waals surface area (Å²) < 4.78 is 12.7. The number of benzene rings is 1. The summed E-state index contributed by atoms with van der Waals surface area (Å²) >= 11 is 0. The van der Waals surface area contributed by atoms with Crippen molar-refractivity contribution >= 4 is 5.91 Å². The maximum atomic E-state index is 13.3. The molecule has 1 aromatic carbocycles. The molecule has 6 nitrogen and oxygen atoms in total. The van der Waals surface area contributed by atoms with Gasteiger partial charge in [0.1, 0.15) is 11.5 Å². The molecule has 0 N–H and O–H groups in total. The molecule has 4 aromatic rings. The van der Waals surface area contributed by atoms with Gasteiger partial charge in [-0.15, -0.1) is 0 Å². The van der Waals surface area contributed by atoms with Gasteiger partial charge in [-0.1, -0.05) is 18.2 Å². The predicted molar refractivity (Wildman–Crippen MR) is 104 cm³/mol. The van der Waals surface area contributed by atoms with Crippen molar-refractivity contribution in [3.8, 4) is 5.69 Å². The van der Waals surface area contributed by atoms with Crippen LogP contribution in [-0.2, 0) is 13.1 Å². The second-order valence-electron chi connectivity index (χ2n) is 6.66. The average molecular weight is 375 g/mol. The van der Waals surface area contributed by atoms with Gasteiger partial charge in [0.2, 0.25) is 0 Å². The van der Waals surface area contributed by atoms with E-state index in [-0.39, 0.29) is 5.91 Å². The Morgan fingerprint density at radius 1 is 0.964 bits per heavy atom. The van der Waals surface area contributed by atoms with Gasteiger partial charge in [-0.3, -0.25) is 4.79 Å². The van der Waals surface area contributed by atoms with Crippen molar-refractivity contribution in [1.82, 2.24) is 14.7 Å². The highest BCUT2D eigenvalue weighted by Crippen LogP contribution is 2.21. The van der Waals surface area contributed by atoms with Gasteiger partial charge in [-0.25, -0.2) is 4.68 Å². The number of hydrogen-bond acceptors (Lipinski definition) is 4. The normalized spacial score (nSPS) is 10.9. The van der Waals surface area contributed by atoms with Crippen LogP contribution in [0.5, 0.6) is 0 Å². The van der Waals surface area contributed by atoms with E-state index in [9.17, 15) is 4.79 Å². The van der Waals surface area contributed by atoms with Gasteiger partial charge in [-0.05, 0) is 49.7 Å². The number of carbonyl (C=O) groups excluding carboxylic acids is 1. The number of carbonyl (C=O) groups is 1. The van der Waals surface area contributed by atoms with Gasteiger partial charge in [0, 0.05) is 0 Å². The minimum Gasteiger partial charge on any atom is -0.467 e. The largest absolute Gasteiger partial charge is 0.467 e. The summed E-state index contributed by atoms with van der Waals surface area (Å²) in [6, 6.07) is 15.3. The van der Waals surface area contributed by atoms with Crippen molar-refractivity contribution in [2.75, 3.05) is 0 Å². The molecule has 0 saturated heterocycles. The van der Waals surface area contributed by atoms with Gasteiger partial charge in [-0.2, -0.15) is 5.10 Å². The Balaban J connectivity index is 1.66. The molecule has 3 heterocycles. The summed E-state index contributed by atoms with van der Waals surface area (Å²) in [6.07, 6.45) is 4.83. The topological polar surface area (TPSA) is 64.4 Å². The molecule has 0 radical (unpaired) electrons. The fraction of sp³-hybridized carbons (Fsp3) is 0.182. The molecule has 0 bridgehead atoms. The van der Waals surface area contributed by atoms with E-state index in [0.29, 0.717) is 30.2 Å². The van der Waals surface area contributed by atoms with Crippen LogP contribution in [-0.4, -0.2) is 20.6 Å². The van der Waals surface area contributed by atoms with Crippen LogP contribution in [0, 0.1) is 13.8 Å². The lowest BCUT2D eigenvalue weighted by atomic mass is 10.2. The first kappa shape index (κ1) is 17.9. The average Bonchev–Trinajstić information content (AvgIpc) is 3.44. The van der Waals surface area contributed by atoms with E-state index in [0.717, 1.165) is 16.9 Å². The first-order valence-electron chi connectivity index (χ1n) is 9.08. The number of hydrogen-bond donors (Lipinski definition) is 0. The fourth-order valence-corrected chi connectivity index (χ4v) is 3.21.